The first-order valence-electron chi connectivity index (χ1n) is 11.9. The molecule has 0 spiro atoms. The molecule has 2 aromatic carbocycles. The third kappa shape index (κ3) is 6.01. The maximum absolute atomic E-state index is 13.5. The quantitative estimate of drug-likeness (QED) is 0.453. The van der Waals surface area contributed by atoms with E-state index in [9.17, 15) is 30.8 Å². The second-order valence-electron chi connectivity index (χ2n) is 8.85. The van der Waals surface area contributed by atoms with Crippen LogP contribution in [0.3, 0.4) is 0 Å². The van der Waals surface area contributed by atoms with Crippen LogP contribution in [0, 0.1) is 5.82 Å². The van der Waals surface area contributed by atoms with Crippen molar-refractivity contribution in [2.75, 3.05) is 45.2 Å². The number of nitrogens with zero attached hydrogens (tertiary/aromatic N) is 3. The second-order valence-corrected chi connectivity index (χ2v) is 10.9. The van der Waals surface area contributed by atoms with Crippen LogP contribution in [0.1, 0.15) is 42.6 Å². The lowest BCUT2D eigenvalue weighted by Crippen LogP contribution is -2.55. The van der Waals surface area contributed by atoms with E-state index in [-0.39, 0.29) is 30.6 Å². The smallest absolute Gasteiger partial charge is 0.417 e. The molecule has 0 aromatic heterocycles. The van der Waals surface area contributed by atoms with Crippen molar-refractivity contribution in [2.45, 2.75) is 43.8 Å². The van der Waals surface area contributed by atoms with Gasteiger partial charge in [0.2, 0.25) is 10.0 Å². The van der Waals surface area contributed by atoms with Crippen molar-refractivity contribution < 1.29 is 35.5 Å². The van der Waals surface area contributed by atoms with Gasteiger partial charge in [0.15, 0.2) is 0 Å². The number of alkyl halides is 3. The molecule has 1 amide bonds. The summed E-state index contributed by atoms with van der Waals surface area (Å²) in [6.07, 6.45) is -3.71. The van der Waals surface area contributed by atoms with Crippen molar-refractivity contribution in [3.05, 3.63) is 53.3 Å². The number of anilines is 1. The van der Waals surface area contributed by atoms with Gasteiger partial charge in [0.1, 0.15) is 11.6 Å². The first-order valence-corrected chi connectivity index (χ1v) is 13.4. The number of hydrogen-bond donors (Lipinski definition) is 0. The molecule has 7 nitrogen and oxygen atoms in total. The zero-order chi connectivity index (χ0) is 27.5. The number of benzene rings is 2. The Bertz CT molecular complexity index is 1240. The van der Waals surface area contributed by atoms with Crippen LogP contribution in [0.25, 0.3) is 0 Å². The van der Waals surface area contributed by atoms with Gasteiger partial charge in [-0.2, -0.15) is 13.2 Å². The summed E-state index contributed by atoms with van der Waals surface area (Å²) in [6.45, 7) is 4.51. The van der Waals surface area contributed by atoms with Crippen LogP contribution in [0.4, 0.5) is 23.2 Å². The molecule has 2 aromatic rings. The summed E-state index contributed by atoms with van der Waals surface area (Å²) in [5.74, 6) is -1.48. The van der Waals surface area contributed by atoms with Crippen molar-refractivity contribution in [1.82, 2.24) is 9.21 Å². The predicted octanol–water partition coefficient (Wildman–Crippen LogP) is 4.62. The van der Waals surface area contributed by atoms with Gasteiger partial charge in [-0.3, -0.25) is 4.79 Å². The summed E-state index contributed by atoms with van der Waals surface area (Å²) in [4.78, 5) is 16.4. The number of methoxy groups -OCH3 is 1. The molecule has 1 aliphatic heterocycles. The molecule has 1 saturated heterocycles. The van der Waals surface area contributed by atoms with Gasteiger partial charge in [-0.1, -0.05) is 13.8 Å². The Balaban J connectivity index is 1.93. The van der Waals surface area contributed by atoms with Crippen molar-refractivity contribution in [3.63, 3.8) is 0 Å². The molecule has 0 bridgehead atoms. The van der Waals surface area contributed by atoms with E-state index < -0.39 is 39.1 Å². The van der Waals surface area contributed by atoms with Crippen molar-refractivity contribution in [1.29, 1.82) is 0 Å². The van der Waals surface area contributed by atoms with E-state index in [0.29, 0.717) is 36.9 Å². The normalized spacial score (nSPS) is 16.8. The van der Waals surface area contributed by atoms with E-state index in [2.05, 4.69) is 0 Å². The molecule has 204 valence electrons. The number of sulfonamides is 1. The average Bonchev–Trinajstić information content (AvgIpc) is 2.87. The minimum Gasteiger partial charge on any atom is -0.495 e. The Kier molecular flexibility index (Phi) is 8.74. The van der Waals surface area contributed by atoms with Crippen LogP contribution < -0.4 is 9.64 Å². The summed E-state index contributed by atoms with van der Waals surface area (Å²) >= 11 is 0. The maximum Gasteiger partial charge on any atom is 0.417 e. The van der Waals surface area contributed by atoms with Crippen LogP contribution in [-0.4, -0.2) is 69.9 Å². The highest BCUT2D eigenvalue weighted by molar-refractivity contribution is 7.89. The van der Waals surface area contributed by atoms with Gasteiger partial charge in [-0.15, -0.1) is 0 Å². The van der Waals surface area contributed by atoms with Crippen molar-refractivity contribution in [3.8, 4) is 5.75 Å². The van der Waals surface area contributed by atoms with Gasteiger partial charge in [0.25, 0.3) is 5.91 Å². The molecule has 1 fully saturated rings. The van der Waals surface area contributed by atoms with Gasteiger partial charge < -0.3 is 14.5 Å². The molecule has 3 rings (SSSR count). The first kappa shape index (κ1) is 28.7. The molecular weight excluding hydrogens is 514 g/mol. The SMILES string of the molecule is CCCN(C)S(=O)(=O)c1ccc(OC)c(N2CCN(C(=O)c3ccc(F)cc3C(F)(F)F)C[C@@H]2CC)c1. The monoisotopic (exact) mass is 545 g/mol. The number of carbonyl (C=O) groups is 1. The third-order valence-corrected chi connectivity index (χ3v) is 8.32. The zero-order valence-corrected chi connectivity index (χ0v) is 22.0. The fourth-order valence-electron chi connectivity index (χ4n) is 4.48. The Hall–Kier alpha value is -2.86. The number of hydrogen-bond acceptors (Lipinski definition) is 5. The first-order chi connectivity index (χ1) is 17.3. The molecule has 12 heteroatoms. The molecule has 0 N–H and O–H groups in total. The summed E-state index contributed by atoms with van der Waals surface area (Å²) < 4.78 is 86.8. The van der Waals surface area contributed by atoms with E-state index >= 15 is 0 Å². The highest BCUT2D eigenvalue weighted by Gasteiger charge is 2.38. The minimum absolute atomic E-state index is 0.0832. The molecule has 37 heavy (non-hydrogen) atoms. The van der Waals surface area contributed by atoms with E-state index in [1.54, 1.807) is 6.07 Å². The number of amides is 1. The molecule has 0 unspecified atom stereocenters. The highest BCUT2D eigenvalue weighted by atomic mass is 32.2. The molecule has 1 heterocycles. The maximum atomic E-state index is 13.5. The Morgan fingerprint density at radius 2 is 1.84 bits per heavy atom. The summed E-state index contributed by atoms with van der Waals surface area (Å²) in [7, 11) is -0.776. The summed E-state index contributed by atoms with van der Waals surface area (Å²) in [6, 6.07) is 6.26. The Morgan fingerprint density at radius 1 is 1.14 bits per heavy atom. The predicted molar refractivity (Wildman–Crippen MR) is 132 cm³/mol. The second kappa shape index (κ2) is 11.3. The summed E-state index contributed by atoms with van der Waals surface area (Å²) in [5.41, 5.74) is -1.41. The van der Waals surface area contributed by atoms with E-state index in [1.807, 2.05) is 18.7 Å². The van der Waals surface area contributed by atoms with Gasteiger partial charge in [0, 0.05) is 39.3 Å². The Morgan fingerprint density at radius 3 is 2.43 bits per heavy atom. The van der Waals surface area contributed by atoms with Gasteiger partial charge in [0.05, 0.1) is 28.8 Å². The molecule has 0 radical (unpaired) electrons. The third-order valence-electron chi connectivity index (χ3n) is 6.47. The molecule has 0 aliphatic carbocycles. The largest absolute Gasteiger partial charge is 0.495 e. The van der Waals surface area contributed by atoms with Crippen LogP contribution in [-0.2, 0) is 16.2 Å². The van der Waals surface area contributed by atoms with Crippen LogP contribution in [0.2, 0.25) is 0 Å². The molecule has 1 atom stereocenters. The highest BCUT2D eigenvalue weighted by Crippen LogP contribution is 2.36. The summed E-state index contributed by atoms with van der Waals surface area (Å²) in [5, 5.41) is 0. The fraction of sp³-hybridized carbons (Fsp3) is 0.480. The van der Waals surface area contributed by atoms with E-state index in [1.165, 1.54) is 35.5 Å². The van der Waals surface area contributed by atoms with Crippen LogP contribution >= 0.6 is 0 Å². The van der Waals surface area contributed by atoms with Gasteiger partial charge in [-0.05, 0) is 49.2 Å². The Labute approximate surface area is 214 Å². The van der Waals surface area contributed by atoms with E-state index in [4.69, 9.17) is 4.74 Å². The van der Waals surface area contributed by atoms with Crippen molar-refractivity contribution >= 4 is 21.6 Å². The number of carbonyl (C=O) groups excluding carboxylic acids is 1. The van der Waals surface area contributed by atoms with E-state index in [0.717, 1.165) is 12.1 Å². The minimum atomic E-state index is -4.89. The van der Waals surface area contributed by atoms with Crippen LogP contribution in [0.5, 0.6) is 5.75 Å². The standard InChI is InChI=1S/C25H31F4N3O4S/c1-5-11-30(3)37(34,35)19-8-10-23(36-4)22(15-19)32-13-12-31(16-18(32)6-2)24(33)20-9-7-17(26)14-21(20)25(27,28)29/h7-10,14-15,18H,5-6,11-13,16H2,1-4H3/t18-/m0/s1. The lowest BCUT2D eigenvalue weighted by molar-refractivity contribution is -0.138. The zero-order valence-electron chi connectivity index (χ0n) is 21.2. The lowest BCUT2D eigenvalue weighted by atomic mass is 10.0. The fourth-order valence-corrected chi connectivity index (χ4v) is 5.77. The molecular formula is C25H31F4N3O4S. The lowest BCUT2D eigenvalue weighted by Gasteiger charge is -2.43. The number of halogens is 4. The van der Waals surface area contributed by atoms with Gasteiger partial charge in [-0.25, -0.2) is 17.1 Å². The number of piperazine rings is 1. The van der Waals surface area contributed by atoms with Crippen LogP contribution in [0.15, 0.2) is 41.3 Å². The topological polar surface area (TPSA) is 70.2 Å². The average molecular weight is 546 g/mol. The number of ether oxygens (including phenoxy) is 1. The van der Waals surface area contributed by atoms with Crippen molar-refractivity contribution in [2.24, 2.45) is 0 Å². The molecule has 1 aliphatic rings. The number of rotatable bonds is 8. The molecule has 0 saturated carbocycles. The van der Waals surface area contributed by atoms with Gasteiger partial charge >= 0.3 is 6.18 Å².